The fourth-order valence-corrected chi connectivity index (χ4v) is 18.3. The molecule has 0 aromatic carbocycles. The highest BCUT2D eigenvalue weighted by atomic mass is 16.8. The van der Waals surface area contributed by atoms with Gasteiger partial charge in [0.25, 0.3) is 5.79 Å². The predicted molar refractivity (Wildman–Crippen MR) is 266 cm³/mol. The average molecular weight is 1060 g/mol. The number of rotatable bonds is 13. The number of carbonyl (C=O) groups is 3. The molecular weight excluding hydrogens is 973 g/mol. The number of ether oxygens (including phenoxy) is 6. The summed E-state index contributed by atoms with van der Waals surface area (Å²) in [6, 6.07) is -0.930. The first-order valence-corrected chi connectivity index (χ1v) is 28.3. The summed E-state index contributed by atoms with van der Waals surface area (Å²) < 4.78 is 38.3. The number of nitrogens with one attached hydrogen (secondary N) is 1. The molecule has 424 valence electrons. The summed E-state index contributed by atoms with van der Waals surface area (Å²) in [5.41, 5.74) is 2.74. The van der Waals surface area contributed by atoms with E-state index in [2.05, 4.69) is 46.0 Å². The Kier molecular flexibility index (Phi) is 14.4. The van der Waals surface area contributed by atoms with Crippen LogP contribution in [0.1, 0.15) is 145 Å². The van der Waals surface area contributed by atoms with E-state index < -0.39 is 132 Å². The lowest BCUT2D eigenvalue weighted by Crippen LogP contribution is -2.84. The number of aliphatic hydroxyl groups is 8. The molecule has 0 bridgehead atoms. The van der Waals surface area contributed by atoms with Gasteiger partial charge in [0.2, 0.25) is 5.91 Å². The summed E-state index contributed by atoms with van der Waals surface area (Å²) in [4.78, 5) is 42.3. The summed E-state index contributed by atoms with van der Waals surface area (Å²) >= 11 is 0. The van der Waals surface area contributed by atoms with Crippen molar-refractivity contribution >= 4 is 18.2 Å². The number of aldehydes is 1. The van der Waals surface area contributed by atoms with Crippen molar-refractivity contribution in [1.29, 1.82) is 0 Å². The van der Waals surface area contributed by atoms with Gasteiger partial charge < -0.3 is 85.1 Å². The van der Waals surface area contributed by atoms with Gasteiger partial charge in [0.1, 0.15) is 60.5 Å². The van der Waals surface area contributed by atoms with E-state index in [4.69, 9.17) is 34.2 Å². The largest absolute Gasteiger partial charge is 0.426 e. The van der Waals surface area contributed by atoms with Crippen LogP contribution in [0.15, 0.2) is 11.6 Å². The molecule has 5 saturated carbocycles. The lowest BCUT2D eigenvalue weighted by molar-refractivity contribution is -0.471. The van der Waals surface area contributed by atoms with Gasteiger partial charge in [-0.25, -0.2) is 0 Å². The van der Waals surface area contributed by atoms with E-state index >= 15 is 4.79 Å². The molecule has 6 aliphatic carbocycles. The zero-order chi connectivity index (χ0) is 54.4. The number of hydrogen-bond acceptors (Lipinski definition) is 18. The Balaban J connectivity index is 0.992. The van der Waals surface area contributed by atoms with E-state index in [9.17, 15) is 50.4 Å². The fraction of sp³-hybridized carbons (Fsp3) is 0.911. The molecule has 4 heterocycles. The number of allylic oxidation sites excluding steroid dienone is 2. The topological polar surface area (TPSA) is 306 Å². The third-order valence-corrected chi connectivity index (χ3v) is 22.5. The lowest BCUT2D eigenvalue weighted by Gasteiger charge is -2.77. The minimum atomic E-state index is -2.34. The molecule has 15 unspecified atom stereocenters. The van der Waals surface area contributed by atoms with Crippen molar-refractivity contribution in [3.05, 3.63) is 11.6 Å². The number of nitrogens with two attached hydrogens (primary N) is 1. The van der Waals surface area contributed by atoms with Crippen molar-refractivity contribution in [3.8, 4) is 0 Å². The molecule has 4 saturated heterocycles. The maximum atomic E-state index is 16.1. The van der Waals surface area contributed by atoms with Crippen LogP contribution in [0.2, 0.25) is 0 Å². The molecule has 19 nitrogen and oxygen atoms in total. The smallest absolute Gasteiger partial charge is 0.318 e. The van der Waals surface area contributed by atoms with Gasteiger partial charge >= 0.3 is 5.97 Å². The highest BCUT2D eigenvalue weighted by Gasteiger charge is 2.83. The molecule has 1 spiro atoms. The molecule has 75 heavy (non-hydrogen) atoms. The molecule has 11 N–H and O–H groups in total. The van der Waals surface area contributed by atoms with Crippen LogP contribution in [0, 0.1) is 55.7 Å². The zero-order valence-corrected chi connectivity index (χ0v) is 45.3. The van der Waals surface area contributed by atoms with Gasteiger partial charge in [0, 0.05) is 6.42 Å². The molecule has 1 amide bonds. The van der Waals surface area contributed by atoms with E-state index in [0.29, 0.717) is 38.6 Å². The van der Waals surface area contributed by atoms with Crippen LogP contribution in [0.3, 0.4) is 0 Å². The van der Waals surface area contributed by atoms with Crippen LogP contribution in [0.5, 0.6) is 0 Å². The van der Waals surface area contributed by atoms with Crippen molar-refractivity contribution in [2.75, 3.05) is 13.2 Å². The average Bonchev–Trinajstić information content (AvgIpc) is 3.51. The Labute approximate surface area is 440 Å². The third kappa shape index (κ3) is 7.87. The Bertz CT molecular complexity index is 2230. The van der Waals surface area contributed by atoms with Gasteiger partial charge in [-0.1, -0.05) is 66.5 Å². The van der Waals surface area contributed by atoms with Gasteiger partial charge in [-0.2, -0.15) is 0 Å². The van der Waals surface area contributed by atoms with Gasteiger partial charge in [-0.3, -0.25) is 9.59 Å². The molecule has 10 aliphatic rings. The Morgan fingerprint density at radius 1 is 0.813 bits per heavy atom. The van der Waals surface area contributed by atoms with Crippen molar-refractivity contribution in [2.24, 2.45) is 61.4 Å². The Morgan fingerprint density at radius 2 is 1.55 bits per heavy atom. The zero-order valence-electron chi connectivity index (χ0n) is 45.3. The lowest BCUT2D eigenvalue weighted by atomic mass is 9.27. The molecule has 26 atom stereocenters. The van der Waals surface area contributed by atoms with Gasteiger partial charge in [-0.15, -0.1) is 0 Å². The number of amides is 1. The van der Waals surface area contributed by atoms with E-state index in [1.54, 1.807) is 0 Å². The second-order valence-electron chi connectivity index (χ2n) is 26.9. The van der Waals surface area contributed by atoms with Crippen LogP contribution < -0.4 is 11.1 Å². The van der Waals surface area contributed by atoms with Crippen molar-refractivity contribution < 1.29 is 83.7 Å². The highest BCUT2D eigenvalue weighted by Crippen LogP contribution is 2.87. The quantitative estimate of drug-likeness (QED) is 0.0544. The third-order valence-electron chi connectivity index (χ3n) is 22.5. The number of carbonyl (C=O) groups excluding carboxylic acids is 3. The van der Waals surface area contributed by atoms with Crippen molar-refractivity contribution in [1.82, 2.24) is 5.32 Å². The minimum absolute atomic E-state index is 0.0156. The standard InChI is InChI=1S/C56H88N2O17/c1-9-31-37(58-36(63)13-11-10-12-20-57)39(65)44-46(72-31)56(74-44,45-41(67)40(66)43(27(2)71-45)73-47-42(68)38(64)30(60)25-70-47)75-48(69)54-19-18-49(3,4)21-29(54)28-22-50(5)23-33-51(6)16-15-34(61)52(7,26-59)32(51)14-17-55(33,50)53(28,8)24-35(54)62/h22,26-27,29-35,37-47,60-62,64-68H,9-21,23-25,57H2,1-8H3,(H,58,63)/t27-,29?,30-,31-,32?,33?,34?,35-,37-,38?,39?,40?,41?,42?,43+,44?,45-,46-,47+,50?,51?,52-,53?,54-,55?,56?/m1/s1. The molecular formula is C56H88N2O17. The van der Waals surface area contributed by atoms with Gasteiger partial charge in [0.05, 0.1) is 42.5 Å². The maximum absolute atomic E-state index is 16.1. The number of hydrogen-bond donors (Lipinski definition) is 10. The fourth-order valence-electron chi connectivity index (χ4n) is 18.3. The normalized spacial score (nSPS) is 54.4. The van der Waals surface area contributed by atoms with E-state index in [1.165, 1.54) is 6.92 Å². The van der Waals surface area contributed by atoms with E-state index in [-0.39, 0.29) is 65.3 Å². The van der Waals surface area contributed by atoms with Crippen LogP contribution in [-0.4, -0.2) is 176 Å². The molecule has 0 radical (unpaired) electrons. The number of unbranched alkanes of at least 4 members (excludes halogenated alkanes) is 2. The maximum Gasteiger partial charge on any atom is 0.318 e. The highest BCUT2D eigenvalue weighted by molar-refractivity contribution is 5.81. The summed E-state index contributed by atoms with van der Waals surface area (Å²) in [7, 11) is 0. The van der Waals surface area contributed by atoms with Gasteiger partial charge in [0.15, 0.2) is 18.5 Å². The first-order chi connectivity index (χ1) is 35.2. The molecule has 0 aromatic heterocycles. The van der Waals surface area contributed by atoms with Crippen LogP contribution in [-0.2, 0) is 42.8 Å². The summed E-state index contributed by atoms with van der Waals surface area (Å²) in [6.07, 6.45) is -9.63. The van der Waals surface area contributed by atoms with Crippen LogP contribution in [0.25, 0.3) is 0 Å². The molecule has 9 fully saturated rings. The predicted octanol–water partition coefficient (Wildman–Crippen LogP) is 1.81. The van der Waals surface area contributed by atoms with Crippen LogP contribution in [0.4, 0.5) is 0 Å². The van der Waals surface area contributed by atoms with E-state index in [1.807, 2.05) is 13.8 Å². The Morgan fingerprint density at radius 3 is 2.24 bits per heavy atom. The monoisotopic (exact) mass is 1060 g/mol. The summed E-state index contributed by atoms with van der Waals surface area (Å²) in [5.74, 6) is -3.77. The Hall–Kier alpha value is -2.21. The minimum Gasteiger partial charge on any atom is -0.426 e. The van der Waals surface area contributed by atoms with Crippen LogP contribution >= 0.6 is 0 Å². The molecule has 19 heteroatoms. The van der Waals surface area contributed by atoms with Gasteiger partial charge in [-0.05, 0) is 135 Å². The molecule has 0 aromatic rings. The first kappa shape index (κ1) is 56.1. The van der Waals surface area contributed by atoms with Crippen molar-refractivity contribution in [2.45, 2.75) is 249 Å². The summed E-state index contributed by atoms with van der Waals surface area (Å²) in [5, 5.41) is 95.1. The molecule has 10 rings (SSSR count). The number of aliphatic hydroxyl groups excluding tert-OH is 8. The first-order valence-electron chi connectivity index (χ1n) is 28.3. The second kappa shape index (κ2) is 19.2. The molecule has 4 aliphatic heterocycles. The van der Waals surface area contributed by atoms with Crippen molar-refractivity contribution in [3.63, 3.8) is 0 Å². The summed E-state index contributed by atoms with van der Waals surface area (Å²) in [6.45, 7) is 16.7. The van der Waals surface area contributed by atoms with E-state index in [0.717, 1.165) is 50.4 Å². The number of fused-ring (bicyclic) bond motifs is 6. The number of esters is 1. The SMILES string of the molecule is CC[C@H]1O[C@@H]2C(OC2(OC(=O)[C@]23CCC(C)(C)CC2C2=CC4(C)CC5C6(C)CCC(O)[C@](C)(C=O)C6CCC54C2(C)C[C@H]3O)[C@@H]2O[C@H](C)[C@H](O[C@@H]3OC[C@@H](O)C(O)C3O)C(O)C2O)C(O)[C@@H]1NC(=O)CCCCCN. The second-order valence-corrected chi connectivity index (χ2v) is 26.9.